The van der Waals surface area contributed by atoms with E-state index < -0.39 is 61.4 Å². The van der Waals surface area contributed by atoms with E-state index >= 15 is 0 Å². The normalized spacial score (nSPS) is 11.9. The first-order valence-electron chi connectivity index (χ1n) is 17.3. The quantitative estimate of drug-likeness (QED) is 0.0580. The number of carbonyl (C=O) groups is 6. The molecule has 1 unspecified atom stereocenters. The molecule has 0 bridgehead atoms. The summed E-state index contributed by atoms with van der Waals surface area (Å²) in [6, 6.07) is 32.8. The number of amides is 5. The van der Waals surface area contributed by atoms with Crippen LogP contribution in [0.2, 0.25) is 0 Å². The number of alkyl carbamates (subject to hydrolysis) is 1. The topological polar surface area (TPSA) is 190 Å². The van der Waals surface area contributed by atoms with Crippen molar-refractivity contribution < 1.29 is 43.0 Å². The second-order valence-electron chi connectivity index (χ2n) is 12.2. The first-order chi connectivity index (χ1) is 26.3. The highest BCUT2D eigenvalue weighted by Crippen LogP contribution is 2.44. The number of ether oxygens (including phenoxy) is 3. The Labute approximate surface area is 311 Å². The predicted molar refractivity (Wildman–Crippen MR) is 196 cm³/mol. The van der Waals surface area contributed by atoms with Gasteiger partial charge in [0.15, 0.2) is 0 Å². The summed E-state index contributed by atoms with van der Waals surface area (Å²) in [5.74, 6) is -3.30. The minimum Gasteiger partial charge on any atom is -0.459 e. The van der Waals surface area contributed by atoms with Crippen LogP contribution in [0.15, 0.2) is 109 Å². The predicted octanol–water partition coefficient (Wildman–Crippen LogP) is 2.32. The van der Waals surface area contributed by atoms with E-state index in [1.54, 1.807) is 30.3 Å². The molecule has 1 aliphatic rings. The van der Waals surface area contributed by atoms with E-state index in [-0.39, 0.29) is 38.9 Å². The molecule has 14 nitrogen and oxygen atoms in total. The summed E-state index contributed by atoms with van der Waals surface area (Å²) in [4.78, 5) is 74.9. The number of benzene rings is 4. The highest BCUT2D eigenvalue weighted by molar-refractivity contribution is 5.92. The Morgan fingerprint density at radius 1 is 0.574 bits per heavy atom. The molecule has 280 valence electrons. The smallest absolute Gasteiger partial charge is 0.407 e. The molecule has 0 heterocycles. The van der Waals surface area contributed by atoms with Gasteiger partial charge in [-0.15, -0.1) is 0 Å². The third-order valence-electron chi connectivity index (χ3n) is 8.37. The lowest BCUT2D eigenvalue weighted by atomic mass is 9.98. The summed E-state index contributed by atoms with van der Waals surface area (Å²) in [5.41, 5.74) is 5.85. The summed E-state index contributed by atoms with van der Waals surface area (Å²) >= 11 is 0. The lowest BCUT2D eigenvalue weighted by Crippen LogP contribution is -2.52. The molecule has 1 aliphatic carbocycles. The second-order valence-corrected chi connectivity index (χ2v) is 12.2. The van der Waals surface area contributed by atoms with Gasteiger partial charge >= 0.3 is 12.1 Å². The van der Waals surface area contributed by atoms with Crippen LogP contribution in [0.25, 0.3) is 11.1 Å². The molecule has 0 spiro atoms. The van der Waals surface area contributed by atoms with Gasteiger partial charge in [0.25, 0.3) is 0 Å². The molecule has 4 aromatic carbocycles. The molecular weight excluding hydrogens is 694 g/mol. The second kappa shape index (κ2) is 19.9. The number of nitrogens with one attached hydrogen (secondary N) is 5. The van der Waals surface area contributed by atoms with Gasteiger partial charge in [0.2, 0.25) is 23.6 Å². The van der Waals surface area contributed by atoms with Crippen LogP contribution >= 0.6 is 0 Å². The van der Waals surface area contributed by atoms with Gasteiger partial charge in [-0.3, -0.25) is 19.2 Å². The fourth-order valence-electron chi connectivity index (χ4n) is 5.75. The van der Waals surface area contributed by atoms with Gasteiger partial charge in [-0.25, -0.2) is 9.59 Å². The number of carbonyl (C=O) groups excluding carboxylic acids is 6. The first-order valence-corrected chi connectivity index (χ1v) is 17.3. The van der Waals surface area contributed by atoms with Crippen molar-refractivity contribution in [2.75, 3.05) is 39.6 Å². The maximum atomic E-state index is 13.1. The molecule has 4 aromatic rings. The van der Waals surface area contributed by atoms with E-state index in [2.05, 4.69) is 26.6 Å². The Morgan fingerprint density at radius 2 is 1.13 bits per heavy atom. The maximum absolute atomic E-state index is 13.1. The average Bonchev–Trinajstić information content (AvgIpc) is 3.52. The van der Waals surface area contributed by atoms with Gasteiger partial charge in [-0.1, -0.05) is 109 Å². The van der Waals surface area contributed by atoms with Gasteiger partial charge in [0.05, 0.1) is 13.1 Å². The number of hydrogen-bond donors (Lipinski definition) is 5. The van der Waals surface area contributed by atoms with E-state index in [0.717, 1.165) is 33.4 Å². The molecule has 0 saturated heterocycles. The van der Waals surface area contributed by atoms with E-state index in [1.165, 1.54) is 0 Å². The largest absolute Gasteiger partial charge is 0.459 e. The van der Waals surface area contributed by atoms with Crippen LogP contribution in [0, 0.1) is 0 Å². The lowest BCUT2D eigenvalue weighted by Gasteiger charge is -2.19. The van der Waals surface area contributed by atoms with Crippen molar-refractivity contribution in [3.05, 3.63) is 131 Å². The fraction of sp³-hybridized carbons (Fsp3) is 0.250. The van der Waals surface area contributed by atoms with Gasteiger partial charge in [-0.05, 0) is 33.4 Å². The number of esters is 1. The zero-order valence-corrected chi connectivity index (χ0v) is 29.4. The number of fused-ring (bicyclic) bond motifs is 3. The van der Waals surface area contributed by atoms with E-state index in [9.17, 15) is 28.8 Å². The molecule has 5 amide bonds. The molecule has 0 fully saturated rings. The van der Waals surface area contributed by atoms with Crippen molar-refractivity contribution in [2.24, 2.45) is 0 Å². The van der Waals surface area contributed by atoms with Gasteiger partial charge in [0.1, 0.15) is 39.1 Å². The summed E-state index contributed by atoms with van der Waals surface area (Å²) in [7, 11) is 0. The molecule has 0 saturated carbocycles. The summed E-state index contributed by atoms with van der Waals surface area (Å²) in [5, 5.41) is 12.3. The average molecular weight is 736 g/mol. The van der Waals surface area contributed by atoms with Crippen LogP contribution in [0.3, 0.4) is 0 Å². The third kappa shape index (κ3) is 11.7. The minimum absolute atomic E-state index is 0.0796. The van der Waals surface area contributed by atoms with Crippen molar-refractivity contribution in [1.82, 2.24) is 26.6 Å². The van der Waals surface area contributed by atoms with Crippen molar-refractivity contribution >= 4 is 35.7 Å². The van der Waals surface area contributed by atoms with Gasteiger partial charge in [0, 0.05) is 12.3 Å². The summed E-state index contributed by atoms with van der Waals surface area (Å²) in [6.07, 6.45) is -0.682. The van der Waals surface area contributed by atoms with Gasteiger partial charge in [-0.2, -0.15) is 0 Å². The zero-order chi connectivity index (χ0) is 38.1. The number of rotatable bonds is 18. The lowest BCUT2D eigenvalue weighted by molar-refractivity contribution is -0.151. The van der Waals surface area contributed by atoms with E-state index in [1.807, 2.05) is 78.9 Å². The van der Waals surface area contributed by atoms with Crippen LogP contribution in [0.1, 0.15) is 28.2 Å². The van der Waals surface area contributed by atoms with Crippen LogP contribution in [0.4, 0.5) is 4.79 Å². The molecule has 54 heavy (non-hydrogen) atoms. The molecule has 14 heteroatoms. The highest BCUT2D eigenvalue weighted by atomic mass is 16.6. The Bertz CT molecular complexity index is 1880. The van der Waals surface area contributed by atoms with E-state index in [4.69, 9.17) is 14.2 Å². The molecule has 0 radical (unpaired) electrons. The molecule has 1 atom stereocenters. The standard InChI is InChI=1S/C40H41N5O9/c46-35(21-43-40(51)54-24-33-31-17-9-7-15-29(31)30-16-8-10-18-32(30)33)41-22-37(48)45-34(19-27-11-3-1-4-12-27)39(50)42-20-36(47)44-26-52-25-38(49)53-23-28-13-5-2-6-14-28/h1-18,33-34H,19-26H2,(H,41,46)(H,42,50)(H,43,51)(H,44,47)(H,45,48). The third-order valence-corrected chi connectivity index (χ3v) is 8.37. The summed E-state index contributed by atoms with van der Waals surface area (Å²) < 4.78 is 15.7. The molecule has 0 aliphatic heterocycles. The Hall–Kier alpha value is -6.54. The van der Waals surface area contributed by atoms with E-state index in [0.29, 0.717) is 0 Å². The monoisotopic (exact) mass is 735 g/mol. The van der Waals surface area contributed by atoms with Gasteiger partial charge < -0.3 is 40.8 Å². The maximum Gasteiger partial charge on any atom is 0.407 e. The fourth-order valence-corrected chi connectivity index (χ4v) is 5.75. The van der Waals surface area contributed by atoms with Crippen LogP contribution in [0.5, 0.6) is 0 Å². The number of hydrogen-bond acceptors (Lipinski definition) is 9. The molecule has 0 aromatic heterocycles. The van der Waals surface area contributed by atoms with Crippen LogP contribution < -0.4 is 26.6 Å². The van der Waals surface area contributed by atoms with Crippen LogP contribution in [-0.2, 0) is 51.2 Å². The van der Waals surface area contributed by atoms with Crippen molar-refractivity contribution in [1.29, 1.82) is 0 Å². The van der Waals surface area contributed by atoms with Crippen molar-refractivity contribution in [3.8, 4) is 11.1 Å². The molecule has 5 N–H and O–H groups in total. The molecule has 5 rings (SSSR count). The minimum atomic E-state index is -1.08. The van der Waals surface area contributed by atoms with Crippen molar-refractivity contribution in [2.45, 2.75) is 25.0 Å². The molecular formula is C40H41N5O9. The zero-order valence-electron chi connectivity index (χ0n) is 29.4. The Morgan fingerprint density at radius 3 is 1.80 bits per heavy atom. The van der Waals surface area contributed by atoms with Crippen molar-refractivity contribution in [3.63, 3.8) is 0 Å². The Kier molecular flexibility index (Phi) is 14.3. The Balaban J connectivity index is 0.999. The SMILES string of the molecule is O=C(CNC(=O)OCC1c2ccccc2-c2ccccc21)NCC(=O)NC(Cc1ccccc1)C(=O)NCC(=O)NCOCC(=O)OCc1ccccc1. The first kappa shape index (κ1) is 38.7. The highest BCUT2D eigenvalue weighted by Gasteiger charge is 2.29. The summed E-state index contributed by atoms with van der Waals surface area (Å²) in [6.45, 7) is -1.85. The van der Waals surface area contributed by atoms with Crippen LogP contribution in [-0.4, -0.2) is 81.3 Å².